The van der Waals surface area contributed by atoms with Crippen LogP contribution in [0.2, 0.25) is 0 Å². The summed E-state index contributed by atoms with van der Waals surface area (Å²) in [6, 6.07) is 12.4. The van der Waals surface area contributed by atoms with Crippen LogP contribution in [0.1, 0.15) is 27.5 Å². The number of amides is 1. The molecule has 0 aliphatic rings. The molecule has 1 aromatic carbocycles. The van der Waals surface area contributed by atoms with Gasteiger partial charge in [-0.05, 0) is 36.8 Å². The number of nitrogens with zero attached hydrogens (tertiary/aromatic N) is 2. The smallest absolute Gasteiger partial charge is 0.268 e. The van der Waals surface area contributed by atoms with Crippen molar-refractivity contribution in [2.75, 3.05) is 6.54 Å². The molecule has 0 atom stereocenters. The summed E-state index contributed by atoms with van der Waals surface area (Å²) in [5, 5.41) is 2.87. The Kier molecular flexibility index (Phi) is 5.12. The highest BCUT2D eigenvalue weighted by molar-refractivity contribution is 5.97. The molecule has 0 bridgehead atoms. The van der Waals surface area contributed by atoms with E-state index >= 15 is 0 Å². The molecule has 4 rings (SSSR count). The minimum atomic E-state index is -0.659. The predicted octanol–water partition coefficient (Wildman–Crippen LogP) is 4.24. The number of hydrogen-bond acceptors (Lipinski definition) is 3. The van der Waals surface area contributed by atoms with Crippen LogP contribution >= 0.6 is 0 Å². The van der Waals surface area contributed by atoms with Gasteiger partial charge in [-0.1, -0.05) is 6.07 Å². The standard InChI is InChI=1S/C22H19F2N3O2/c1-14-8-19-21(29-14)12-20(22(28)26-7-5-18-4-2-3-6-25-18)27(19)13-15-9-16(23)11-17(24)10-15/h2-4,6,8-12H,5,7,13H2,1H3,(H,26,28). The minimum Gasteiger partial charge on any atom is -0.460 e. The topological polar surface area (TPSA) is 60.1 Å². The van der Waals surface area contributed by atoms with Gasteiger partial charge in [0, 0.05) is 49.6 Å². The number of fused-ring (bicyclic) bond motifs is 1. The second-order valence-corrected chi connectivity index (χ2v) is 6.83. The van der Waals surface area contributed by atoms with Crippen LogP contribution in [0.3, 0.4) is 0 Å². The number of carbonyl (C=O) groups excluding carboxylic acids is 1. The SMILES string of the molecule is Cc1cc2c(cc(C(=O)NCCc3ccccn3)n2Cc2cc(F)cc(F)c2)o1. The number of benzene rings is 1. The third-order valence-electron chi connectivity index (χ3n) is 4.60. The van der Waals surface area contributed by atoms with Gasteiger partial charge in [-0.2, -0.15) is 0 Å². The summed E-state index contributed by atoms with van der Waals surface area (Å²) in [6.45, 7) is 2.36. The van der Waals surface area contributed by atoms with Gasteiger partial charge < -0.3 is 14.3 Å². The Labute approximate surface area is 166 Å². The molecule has 7 heteroatoms. The van der Waals surface area contributed by atoms with Gasteiger partial charge in [0.15, 0.2) is 5.58 Å². The molecule has 5 nitrogen and oxygen atoms in total. The Hall–Kier alpha value is -3.48. The van der Waals surface area contributed by atoms with Crippen LogP contribution in [0.25, 0.3) is 11.1 Å². The molecule has 1 N–H and O–H groups in total. The maximum absolute atomic E-state index is 13.6. The zero-order valence-electron chi connectivity index (χ0n) is 15.8. The first kappa shape index (κ1) is 18.9. The third kappa shape index (κ3) is 4.18. The minimum absolute atomic E-state index is 0.139. The number of halogens is 2. The molecular weight excluding hydrogens is 376 g/mol. The molecule has 4 aromatic rings. The number of pyridine rings is 1. The number of furan rings is 1. The summed E-state index contributed by atoms with van der Waals surface area (Å²) in [4.78, 5) is 17.0. The Morgan fingerprint density at radius 2 is 1.93 bits per heavy atom. The first-order valence-corrected chi connectivity index (χ1v) is 9.22. The number of rotatable bonds is 6. The van der Waals surface area contributed by atoms with E-state index in [9.17, 15) is 13.6 Å². The van der Waals surface area contributed by atoms with Gasteiger partial charge >= 0.3 is 0 Å². The molecule has 0 saturated carbocycles. The predicted molar refractivity (Wildman–Crippen MR) is 105 cm³/mol. The number of carbonyl (C=O) groups is 1. The number of hydrogen-bond donors (Lipinski definition) is 1. The van der Waals surface area contributed by atoms with Crippen molar-refractivity contribution in [2.24, 2.45) is 0 Å². The summed E-state index contributed by atoms with van der Waals surface area (Å²) >= 11 is 0. The van der Waals surface area contributed by atoms with Crippen LogP contribution in [0.4, 0.5) is 8.78 Å². The summed E-state index contributed by atoms with van der Waals surface area (Å²) in [7, 11) is 0. The third-order valence-corrected chi connectivity index (χ3v) is 4.60. The fourth-order valence-electron chi connectivity index (χ4n) is 3.35. The van der Waals surface area contributed by atoms with Crippen molar-refractivity contribution in [3.63, 3.8) is 0 Å². The van der Waals surface area contributed by atoms with Gasteiger partial charge in [-0.25, -0.2) is 8.78 Å². The van der Waals surface area contributed by atoms with Gasteiger partial charge in [-0.15, -0.1) is 0 Å². The molecule has 0 fully saturated rings. The lowest BCUT2D eigenvalue weighted by atomic mass is 10.2. The second-order valence-electron chi connectivity index (χ2n) is 6.83. The summed E-state index contributed by atoms with van der Waals surface area (Å²) in [5.41, 5.74) is 2.91. The molecule has 0 aliphatic heterocycles. The molecule has 3 aromatic heterocycles. The zero-order valence-corrected chi connectivity index (χ0v) is 15.8. The largest absolute Gasteiger partial charge is 0.460 e. The molecule has 29 heavy (non-hydrogen) atoms. The van der Waals surface area contributed by atoms with E-state index in [4.69, 9.17) is 4.42 Å². The molecular formula is C22H19F2N3O2. The lowest BCUT2D eigenvalue weighted by Crippen LogP contribution is -2.28. The Morgan fingerprint density at radius 3 is 2.66 bits per heavy atom. The highest BCUT2D eigenvalue weighted by atomic mass is 19.1. The summed E-state index contributed by atoms with van der Waals surface area (Å²) in [6.07, 6.45) is 2.30. The Bertz CT molecular complexity index is 1150. The van der Waals surface area contributed by atoms with Gasteiger partial charge in [-0.3, -0.25) is 9.78 Å². The first-order valence-electron chi connectivity index (χ1n) is 9.22. The lowest BCUT2D eigenvalue weighted by molar-refractivity contribution is 0.0945. The maximum atomic E-state index is 13.6. The van der Waals surface area contributed by atoms with Crippen molar-refractivity contribution in [3.05, 3.63) is 89.1 Å². The van der Waals surface area contributed by atoms with Crippen molar-refractivity contribution >= 4 is 17.0 Å². The fourth-order valence-corrected chi connectivity index (χ4v) is 3.35. The quantitative estimate of drug-likeness (QED) is 0.531. The van der Waals surface area contributed by atoms with E-state index in [1.807, 2.05) is 18.2 Å². The fraction of sp³-hybridized carbons (Fsp3) is 0.182. The molecule has 3 heterocycles. The summed E-state index contributed by atoms with van der Waals surface area (Å²) < 4.78 is 34.6. The van der Waals surface area contributed by atoms with Crippen molar-refractivity contribution in [2.45, 2.75) is 19.9 Å². The Balaban J connectivity index is 1.59. The van der Waals surface area contributed by atoms with E-state index in [1.54, 1.807) is 29.8 Å². The van der Waals surface area contributed by atoms with E-state index < -0.39 is 11.6 Å². The summed E-state index contributed by atoms with van der Waals surface area (Å²) in [5.74, 6) is -0.917. The van der Waals surface area contributed by atoms with Crippen LogP contribution in [-0.2, 0) is 13.0 Å². The molecule has 0 unspecified atom stereocenters. The van der Waals surface area contributed by atoms with E-state index in [1.165, 1.54) is 12.1 Å². The average Bonchev–Trinajstić information content (AvgIpc) is 3.19. The number of aromatic nitrogens is 2. The van der Waals surface area contributed by atoms with Crippen LogP contribution in [0.5, 0.6) is 0 Å². The van der Waals surface area contributed by atoms with Crippen LogP contribution in [0, 0.1) is 18.6 Å². The number of aryl methyl sites for hydroxylation is 1. The van der Waals surface area contributed by atoms with Crippen molar-refractivity contribution in [1.29, 1.82) is 0 Å². The zero-order chi connectivity index (χ0) is 20.4. The van der Waals surface area contributed by atoms with Gasteiger partial charge in [0.1, 0.15) is 23.1 Å². The molecule has 0 aliphatic carbocycles. The molecule has 1 amide bonds. The average molecular weight is 395 g/mol. The molecule has 0 saturated heterocycles. The number of nitrogens with one attached hydrogen (secondary N) is 1. The lowest BCUT2D eigenvalue weighted by Gasteiger charge is -2.11. The molecule has 0 spiro atoms. The van der Waals surface area contributed by atoms with Gasteiger partial charge in [0.25, 0.3) is 5.91 Å². The monoisotopic (exact) mass is 395 g/mol. The molecule has 148 valence electrons. The van der Waals surface area contributed by atoms with Crippen LogP contribution in [-0.4, -0.2) is 22.0 Å². The highest BCUT2D eigenvalue weighted by Crippen LogP contribution is 2.25. The second kappa shape index (κ2) is 7.87. The van der Waals surface area contributed by atoms with Gasteiger partial charge in [0.05, 0.1) is 5.52 Å². The van der Waals surface area contributed by atoms with E-state index in [0.717, 1.165) is 11.8 Å². The highest BCUT2D eigenvalue weighted by Gasteiger charge is 2.19. The maximum Gasteiger partial charge on any atom is 0.268 e. The van der Waals surface area contributed by atoms with E-state index in [2.05, 4.69) is 10.3 Å². The van der Waals surface area contributed by atoms with Crippen LogP contribution < -0.4 is 5.32 Å². The molecule has 0 radical (unpaired) electrons. The van der Waals surface area contributed by atoms with Crippen molar-refractivity contribution in [3.8, 4) is 0 Å². The normalized spacial score (nSPS) is 11.1. The van der Waals surface area contributed by atoms with E-state index in [0.29, 0.717) is 41.1 Å². The van der Waals surface area contributed by atoms with E-state index in [-0.39, 0.29) is 12.5 Å². The first-order chi connectivity index (χ1) is 14.0. The van der Waals surface area contributed by atoms with Crippen molar-refractivity contribution in [1.82, 2.24) is 14.9 Å². The van der Waals surface area contributed by atoms with Crippen LogP contribution in [0.15, 0.2) is 59.1 Å². The van der Waals surface area contributed by atoms with Crippen molar-refractivity contribution < 1.29 is 18.0 Å². The Morgan fingerprint density at radius 1 is 1.14 bits per heavy atom. The van der Waals surface area contributed by atoms with Gasteiger partial charge in [0.2, 0.25) is 0 Å².